The molecule has 1 aromatic rings. The second kappa shape index (κ2) is 7.77. The molecular formula is C16H18Cl2N2O4. The van der Waals surface area contributed by atoms with Crippen LogP contribution in [0, 0.1) is 0 Å². The highest BCUT2D eigenvalue weighted by Crippen LogP contribution is 2.32. The average molecular weight is 373 g/mol. The molecule has 2 rings (SSSR count). The minimum atomic E-state index is -0.551. The van der Waals surface area contributed by atoms with Gasteiger partial charge in [0.1, 0.15) is 0 Å². The molecule has 2 N–H and O–H groups in total. The molecule has 0 aliphatic carbocycles. The number of nitrogens with zero attached hydrogens (tertiary/aromatic N) is 1. The Labute approximate surface area is 150 Å². The van der Waals surface area contributed by atoms with Crippen LogP contribution in [0.4, 0.5) is 0 Å². The highest BCUT2D eigenvalue weighted by molar-refractivity contribution is 6.37. The van der Waals surface area contributed by atoms with Gasteiger partial charge in [-0.05, 0) is 19.1 Å². The lowest BCUT2D eigenvalue weighted by molar-refractivity contribution is -0.126. The number of aliphatic hydroxyl groups excluding tert-OH is 1. The number of amides is 2. The van der Waals surface area contributed by atoms with E-state index in [2.05, 4.69) is 5.32 Å². The lowest BCUT2D eigenvalue weighted by Gasteiger charge is -2.16. The molecule has 1 aliphatic rings. The number of aliphatic hydroxyl groups is 1. The Bertz CT molecular complexity index is 670. The Kier molecular flexibility index (Phi) is 5.96. The van der Waals surface area contributed by atoms with Crippen LogP contribution >= 0.6 is 23.2 Å². The van der Waals surface area contributed by atoms with Crippen LogP contribution < -0.4 is 10.1 Å². The third kappa shape index (κ3) is 4.13. The van der Waals surface area contributed by atoms with Crippen LogP contribution in [0.15, 0.2) is 29.5 Å². The maximum absolute atomic E-state index is 12.1. The van der Waals surface area contributed by atoms with Crippen molar-refractivity contribution in [3.63, 3.8) is 0 Å². The first-order valence-electron chi connectivity index (χ1n) is 7.36. The van der Waals surface area contributed by atoms with Gasteiger partial charge in [-0.25, -0.2) is 0 Å². The Morgan fingerprint density at radius 1 is 1.42 bits per heavy atom. The van der Waals surface area contributed by atoms with E-state index in [1.54, 1.807) is 25.1 Å². The van der Waals surface area contributed by atoms with Crippen molar-refractivity contribution >= 4 is 35.0 Å². The number of para-hydroxylation sites is 1. The van der Waals surface area contributed by atoms with E-state index >= 15 is 0 Å². The van der Waals surface area contributed by atoms with E-state index in [1.807, 2.05) is 0 Å². The fourth-order valence-corrected chi connectivity index (χ4v) is 2.72. The Morgan fingerprint density at radius 3 is 2.58 bits per heavy atom. The molecule has 0 bridgehead atoms. The van der Waals surface area contributed by atoms with E-state index in [4.69, 9.17) is 27.9 Å². The molecule has 1 aliphatic heterocycles. The summed E-state index contributed by atoms with van der Waals surface area (Å²) < 4.78 is 5.56. The van der Waals surface area contributed by atoms with Crippen molar-refractivity contribution in [1.29, 1.82) is 0 Å². The molecule has 130 valence electrons. The molecule has 0 unspecified atom stereocenters. The molecule has 1 aromatic carbocycles. The Balaban J connectivity index is 1.85. The van der Waals surface area contributed by atoms with E-state index in [0.29, 0.717) is 28.8 Å². The highest BCUT2D eigenvalue weighted by atomic mass is 35.5. The van der Waals surface area contributed by atoms with Crippen LogP contribution in [0.5, 0.6) is 5.75 Å². The molecule has 1 atom stereocenters. The van der Waals surface area contributed by atoms with Gasteiger partial charge in [-0.15, -0.1) is 0 Å². The van der Waals surface area contributed by atoms with Gasteiger partial charge in [0.05, 0.1) is 28.8 Å². The summed E-state index contributed by atoms with van der Waals surface area (Å²) in [7, 11) is 1.52. The average Bonchev–Trinajstić information content (AvgIpc) is 2.78. The lowest BCUT2D eigenvalue weighted by atomic mass is 10.2. The monoisotopic (exact) mass is 372 g/mol. The SMILES string of the molecule is C[C@H](CCOc1c(Cl)cccc1Cl)NC(=O)C1=C(O)C(=O)N(C)C1. The van der Waals surface area contributed by atoms with Gasteiger partial charge < -0.3 is 20.1 Å². The summed E-state index contributed by atoms with van der Waals surface area (Å²) in [6.07, 6.45) is 0.505. The third-order valence-corrected chi connectivity index (χ3v) is 4.19. The second-order valence-corrected chi connectivity index (χ2v) is 6.37. The summed E-state index contributed by atoms with van der Waals surface area (Å²) in [5.74, 6) is -1.11. The van der Waals surface area contributed by atoms with Crippen molar-refractivity contribution < 1.29 is 19.4 Å². The van der Waals surface area contributed by atoms with E-state index in [0.717, 1.165) is 0 Å². The zero-order valence-corrected chi connectivity index (χ0v) is 14.8. The number of carbonyl (C=O) groups excluding carboxylic acids is 2. The predicted molar refractivity (Wildman–Crippen MR) is 91.5 cm³/mol. The molecule has 0 aromatic heterocycles. The van der Waals surface area contributed by atoms with E-state index in [1.165, 1.54) is 11.9 Å². The van der Waals surface area contributed by atoms with Gasteiger partial charge >= 0.3 is 0 Å². The van der Waals surface area contributed by atoms with E-state index < -0.39 is 17.6 Å². The topological polar surface area (TPSA) is 78.9 Å². The summed E-state index contributed by atoms with van der Waals surface area (Å²) in [6, 6.07) is 4.86. The van der Waals surface area contributed by atoms with Crippen molar-refractivity contribution in [3.8, 4) is 5.75 Å². The number of hydrogen-bond acceptors (Lipinski definition) is 4. The van der Waals surface area contributed by atoms with Crippen LogP contribution in [0.3, 0.4) is 0 Å². The number of benzene rings is 1. The Hall–Kier alpha value is -1.92. The summed E-state index contributed by atoms with van der Waals surface area (Å²) in [6.45, 7) is 2.19. The van der Waals surface area contributed by atoms with Crippen molar-refractivity contribution in [2.24, 2.45) is 0 Å². The maximum Gasteiger partial charge on any atom is 0.289 e. The molecule has 8 heteroatoms. The number of hydrogen-bond donors (Lipinski definition) is 2. The minimum absolute atomic E-state index is 0.0735. The number of ether oxygens (including phenoxy) is 1. The van der Waals surface area contributed by atoms with E-state index in [9.17, 15) is 14.7 Å². The smallest absolute Gasteiger partial charge is 0.289 e. The maximum atomic E-state index is 12.1. The van der Waals surface area contributed by atoms with Gasteiger partial charge in [0.15, 0.2) is 11.5 Å². The number of halogens is 2. The predicted octanol–water partition coefficient (Wildman–Crippen LogP) is 2.55. The van der Waals surface area contributed by atoms with Gasteiger partial charge in [0, 0.05) is 19.5 Å². The zero-order valence-electron chi connectivity index (χ0n) is 13.3. The summed E-state index contributed by atoms with van der Waals surface area (Å²) >= 11 is 12.0. The lowest BCUT2D eigenvalue weighted by Crippen LogP contribution is -2.36. The number of rotatable bonds is 6. The second-order valence-electron chi connectivity index (χ2n) is 5.55. The third-order valence-electron chi connectivity index (χ3n) is 3.60. The number of nitrogens with one attached hydrogen (secondary N) is 1. The van der Waals surface area contributed by atoms with Gasteiger partial charge in [0.2, 0.25) is 0 Å². The molecular weight excluding hydrogens is 355 g/mol. The largest absolute Gasteiger partial charge is 0.503 e. The van der Waals surface area contributed by atoms with Gasteiger partial charge in [-0.1, -0.05) is 29.3 Å². The van der Waals surface area contributed by atoms with Crippen molar-refractivity contribution in [1.82, 2.24) is 10.2 Å². The molecule has 0 saturated carbocycles. The van der Waals surface area contributed by atoms with Gasteiger partial charge in [0.25, 0.3) is 11.8 Å². The molecule has 2 amide bonds. The highest BCUT2D eigenvalue weighted by Gasteiger charge is 2.31. The minimum Gasteiger partial charge on any atom is -0.503 e. The molecule has 1 heterocycles. The normalized spacial score (nSPS) is 15.7. The van der Waals surface area contributed by atoms with Crippen molar-refractivity contribution in [3.05, 3.63) is 39.6 Å². The molecule has 24 heavy (non-hydrogen) atoms. The summed E-state index contributed by atoms with van der Waals surface area (Å²) in [5.41, 5.74) is 0.0735. The molecule has 0 radical (unpaired) electrons. The summed E-state index contributed by atoms with van der Waals surface area (Å²) in [4.78, 5) is 24.9. The fourth-order valence-electron chi connectivity index (χ4n) is 2.21. The first-order valence-corrected chi connectivity index (χ1v) is 8.12. The first-order chi connectivity index (χ1) is 11.3. The van der Waals surface area contributed by atoms with Crippen LogP contribution in [-0.4, -0.2) is 48.1 Å². The van der Waals surface area contributed by atoms with Crippen LogP contribution in [0.25, 0.3) is 0 Å². The quantitative estimate of drug-likeness (QED) is 0.803. The Morgan fingerprint density at radius 2 is 2.04 bits per heavy atom. The van der Waals surface area contributed by atoms with E-state index in [-0.39, 0.29) is 18.2 Å². The van der Waals surface area contributed by atoms with Gasteiger partial charge in [-0.3, -0.25) is 9.59 Å². The zero-order chi connectivity index (χ0) is 17.9. The van der Waals surface area contributed by atoms with Crippen LogP contribution in [0.2, 0.25) is 10.0 Å². The first kappa shape index (κ1) is 18.4. The van der Waals surface area contributed by atoms with Crippen LogP contribution in [0.1, 0.15) is 13.3 Å². The van der Waals surface area contributed by atoms with Crippen molar-refractivity contribution in [2.75, 3.05) is 20.2 Å². The molecule has 0 saturated heterocycles. The van der Waals surface area contributed by atoms with Gasteiger partial charge in [-0.2, -0.15) is 0 Å². The molecule has 0 fully saturated rings. The standard InChI is InChI=1S/C16H18Cl2N2O4/c1-9(6-7-24-14-11(17)4-3-5-12(14)18)19-15(22)10-8-20(2)16(23)13(10)21/h3-5,9,21H,6-8H2,1-2H3,(H,19,22)/t9-/m1/s1. The summed E-state index contributed by atoms with van der Waals surface area (Å²) in [5, 5.41) is 13.2. The number of likely N-dealkylation sites (N-methyl/N-ethyl adjacent to an activating group) is 1. The fraction of sp³-hybridized carbons (Fsp3) is 0.375. The van der Waals surface area contributed by atoms with Crippen molar-refractivity contribution in [2.45, 2.75) is 19.4 Å². The van der Waals surface area contributed by atoms with Crippen LogP contribution in [-0.2, 0) is 9.59 Å². The number of carbonyl (C=O) groups is 2. The molecule has 6 nitrogen and oxygen atoms in total. The molecule has 0 spiro atoms.